The molecule has 0 unspecified atom stereocenters. The molecule has 1 saturated heterocycles. The van der Waals surface area contributed by atoms with Crippen LogP contribution in [0.5, 0.6) is 5.75 Å². The molecule has 2 rings (SSSR count). The molecule has 0 spiro atoms. The number of hydrogen-bond donors (Lipinski definition) is 1. The Morgan fingerprint density at radius 1 is 1.53 bits per heavy atom. The van der Waals surface area contributed by atoms with Crippen molar-refractivity contribution < 1.29 is 14.8 Å². The van der Waals surface area contributed by atoms with Crippen LogP contribution in [-0.4, -0.2) is 35.8 Å². The van der Waals surface area contributed by atoms with Crippen molar-refractivity contribution in [2.24, 2.45) is 0 Å². The molecule has 0 bridgehead atoms. The molecule has 0 aliphatic carbocycles. The zero-order valence-corrected chi connectivity index (χ0v) is 11.1. The van der Waals surface area contributed by atoms with Gasteiger partial charge in [0.05, 0.1) is 17.6 Å². The fourth-order valence-electron chi connectivity index (χ4n) is 2.57. The largest absolute Gasteiger partial charge is 0.490 e. The Morgan fingerprint density at radius 3 is 2.74 bits per heavy atom. The van der Waals surface area contributed by atoms with Crippen molar-refractivity contribution in [2.75, 3.05) is 25.1 Å². The fourth-order valence-corrected chi connectivity index (χ4v) is 2.57. The number of aliphatic hydroxyl groups is 1. The number of nitro benzene ring substituents is 1. The molecule has 1 aliphatic rings. The molecule has 0 atom stereocenters. The number of anilines is 1. The summed E-state index contributed by atoms with van der Waals surface area (Å²) in [5, 5.41) is 21.3. The predicted molar refractivity (Wildman–Crippen MR) is 71.7 cm³/mol. The molecule has 0 aromatic heterocycles. The number of nitrogens with zero attached hydrogens (tertiary/aromatic N) is 2. The van der Waals surface area contributed by atoms with E-state index in [2.05, 4.69) is 0 Å². The minimum absolute atomic E-state index is 0.0384. The molecule has 6 nitrogen and oxygen atoms in total. The van der Waals surface area contributed by atoms with Crippen molar-refractivity contribution in [1.82, 2.24) is 0 Å². The van der Waals surface area contributed by atoms with E-state index >= 15 is 0 Å². The fraction of sp³-hybridized carbons (Fsp3) is 0.538. The summed E-state index contributed by atoms with van der Waals surface area (Å²) in [6.45, 7) is 2.86. The number of para-hydroxylation sites is 1. The minimum atomic E-state index is -0.717. The lowest BCUT2D eigenvalue weighted by molar-refractivity contribution is -0.385. The summed E-state index contributed by atoms with van der Waals surface area (Å²) >= 11 is 0. The molecule has 0 saturated carbocycles. The zero-order valence-electron chi connectivity index (χ0n) is 11.1. The van der Waals surface area contributed by atoms with Gasteiger partial charge in [0.25, 0.3) is 0 Å². The first-order chi connectivity index (χ1) is 9.00. The van der Waals surface area contributed by atoms with Gasteiger partial charge < -0.3 is 14.7 Å². The Hall–Kier alpha value is -1.82. The van der Waals surface area contributed by atoms with Crippen LogP contribution in [0, 0.1) is 10.1 Å². The molecule has 1 N–H and O–H groups in total. The molecule has 104 valence electrons. The number of hydrogen-bond acceptors (Lipinski definition) is 5. The van der Waals surface area contributed by atoms with E-state index in [1.54, 1.807) is 18.2 Å². The van der Waals surface area contributed by atoms with Crippen LogP contribution in [0.3, 0.4) is 0 Å². The van der Waals surface area contributed by atoms with Gasteiger partial charge in [-0.25, -0.2) is 0 Å². The van der Waals surface area contributed by atoms with Crippen molar-refractivity contribution in [2.45, 2.75) is 25.4 Å². The highest BCUT2D eigenvalue weighted by Crippen LogP contribution is 2.41. The first-order valence-electron chi connectivity index (χ1n) is 6.29. The first-order valence-corrected chi connectivity index (χ1v) is 6.29. The van der Waals surface area contributed by atoms with Gasteiger partial charge in [-0.05, 0) is 18.6 Å². The molecule has 0 radical (unpaired) electrons. The van der Waals surface area contributed by atoms with E-state index in [1.165, 1.54) is 7.11 Å². The molecule has 1 aromatic carbocycles. The van der Waals surface area contributed by atoms with Crippen LogP contribution in [0.4, 0.5) is 11.4 Å². The average Bonchev–Trinajstić information content (AvgIpc) is 2.34. The van der Waals surface area contributed by atoms with Gasteiger partial charge in [-0.3, -0.25) is 10.1 Å². The summed E-state index contributed by atoms with van der Waals surface area (Å²) in [4.78, 5) is 12.5. The average molecular weight is 266 g/mol. The second-order valence-corrected chi connectivity index (χ2v) is 4.92. The monoisotopic (exact) mass is 266 g/mol. The standard InChI is InChI=1S/C13H18N2O4/c1-3-7-13(16)8-14(9-13)10-5-4-6-11(19-2)12(10)15(17)18/h4-6,16H,3,7-9H2,1-2H3. The molecule has 0 amide bonds. The second-order valence-electron chi connectivity index (χ2n) is 4.92. The molecular weight excluding hydrogens is 248 g/mol. The Labute approximate surface area is 111 Å². The number of nitro groups is 1. The van der Waals surface area contributed by atoms with Crippen LogP contribution >= 0.6 is 0 Å². The summed E-state index contributed by atoms with van der Waals surface area (Å²) in [6.07, 6.45) is 1.60. The van der Waals surface area contributed by atoms with Crippen LogP contribution in [0.1, 0.15) is 19.8 Å². The number of methoxy groups -OCH3 is 1. The Bertz CT molecular complexity index is 484. The SMILES string of the molecule is CCCC1(O)CN(c2cccc(OC)c2[N+](=O)[O-])C1. The van der Waals surface area contributed by atoms with Crippen LogP contribution in [0.15, 0.2) is 18.2 Å². The van der Waals surface area contributed by atoms with Gasteiger partial charge in [0, 0.05) is 13.1 Å². The van der Waals surface area contributed by atoms with Crippen molar-refractivity contribution in [1.29, 1.82) is 0 Å². The Morgan fingerprint density at radius 2 is 2.21 bits per heavy atom. The summed E-state index contributed by atoms with van der Waals surface area (Å²) in [7, 11) is 1.41. The third kappa shape index (κ3) is 2.49. The Balaban J connectivity index is 2.25. The number of benzene rings is 1. The third-order valence-corrected chi connectivity index (χ3v) is 3.41. The van der Waals surface area contributed by atoms with Gasteiger partial charge in [-0.1, -0.05) is 19.4 Å². The van der Waals surface area contributed by atoms with E-state index in [1.807, 2.05) is 11.8 Å². The van der Waals surface area contributed by atoms with Gasteiger partial charge in [-0.15, -0.1) is 0 Å². The van der Waals surface area contributed by atoms with Gasteiger partial charge in [0.15, 0.2) is 5.75 Å². The summed E-state index contributed by atoms with van der Waals surface area (Å²) in [6, 6.07) is 4.98. The lowest BCUT2D eigenvalue weighted by Crippen LogP contribution is -2.62. The second kappa shape index (κ2) is 5.05. The van der Waals surface area contributed by atoms with E-state index in [-0.39, 0.29) is 11.4 Å². The lowest BCUT2D eigenvalue weighted by Gasteiger charge is -2.47. The maximum atomic E-state index is 11.2. The van der Waals surface area contributed by atoms with E-state index in [0.29, 0.717) is 25.2 Å². The summed E-state index contributed by atoms with van der Waals surface area (Å²) in [5.74, 6) is 0.244. The van der Waals surface area contributed by atoms with Crippen LogP contribution < -0.4 is 9.64 Å². The topological polar surface area (TPSA) is 75.8 Å². The van der Waals surface area contributed by atoms with Crippen molar-refractivity contribution in [3.8, 4) is 5.75 Å². The molecule has 1 fully saturated rings. The van der Waals surface area contributed by atoms with Crippen molar-refractivity contribution in [3.05, 3.63) is 28.3 Å². The minimum Gasteiger partial charge on any atom is -0.490 e. The van der Waals surface area contributed by atoms with Gasteiger partial charge in [0.1, 0.15) is 5.69 Å². The van der Waals surface area contributed by atoms with E-state index in [4.69, 9.17) is 4.74 Å². The van der Waals surface area contributed by atoms with Crippen molar-refractivity contribution >= 4 is 11.4 Å². The molecular formula is C13H18N2O4. The van der Waals surface area contributed by atoms with E-state index < -0.39 is 10.5 Å². The molecule has 1 heterocycles. The van der Waals surface area contributed by atoms with E-state index in [0.717, 1.165) is 6.42 Å². The number of β-amino-alcohol motifs (C(OH)–C–C–N with tert-alkyl or cyclic N) is 1. The number of rotatable bonds is 5. The molecule has 1 aliphatic heterocycles. The smallest absolute Gasteiger partial charge is 0.333 e. The summed E-state index contributed by atoms with van der Waals surface area (Å²) in [5.41, 5.74) is -0.250. The first kappa shape index (κ1) is 13.6. The van der Waals surface area contributed by atoms with E-state index in [9.17, 15) is 15.2 Å². The highest BCUT2D eigenvalue weighted by Gasteiger charge is 2.42. The van der Waals surface area contributed by atoms with Gasteiger partial charge in [-0.2, -0.15) is 0 Å². The van der Waals surface area contributed by atoms with Gasteiger partial charge in [0.2, 0.25) is 0 Å². The zero-order chi connectivity index (χ0) is 14.0. The molecule has 19 heavy (non-hydrogen) atoms. The third-order valence-electron chi connectivity index (χ3n) is 3.41. The maximum absolute atomic E-state index is 11.2. The van der Waals surface area contributed by atoms with Crippen LogP contribution in [-0.2, 0) is 0 Å². The molecule has 1 aromatic rings. The van der Waals surface area contributed by atoms with Gasteiger partial charge >= 0.3 is 5.69 Å². The normalized spacial score (nSPS) is 16.9. The summed E-state index contributed by atoms with van der Waals surface area (Å²) < 4.78 is 5.03. The highest BCUT2D eigenvalue weighted by molar-refractivity contribution is 5.71. The van der Waals surface area contributed by atoms with Crippen LogP contribution in [0.2, 0.25) is 0 Å². The van der Waals surface area contributed by atoms with Crippen molar-refractivity contribution in [3.63, 3.8) is 0 Å². The lowest BCUT2D eigenvalue weighted by atomic mass is 9.88. The number of ether oxygens (including phenoxy) is 1. The molecule has 6 heteroatoms. The van der Waals surface area contributed by atoms with Crippen LogP contribution in [0.25, 0.3) is 0 Å². The quantitative estimate of drug-likeness (QED) is 0.651. The highest BCUT2D eigenvalue weighted by atomic mass is 16.6. The maximum Gasteiger partial charge on any atom is 0.333 e. The predicted octanol–water partition coefficient (Wildman–Crippen LogP) is 1.95. The Kier molecular flexibility index (Phi) is 3.61.